The standard InChI is InChI=1S/C10H15.C5H5N.2C4H11Si.Cr/c1-6-7(2)9(4)10(5)8(6)3;1-2-4-6-5-3-1;2*1-5(2,3)4;/h1-5H3;1-5H;2*1H2,2-4H3;/q-1;;2*-1;+3. The van der Waals surface area contributed by atoms with E-state index in [0.717, 1.165) is 0 Å². The SMILES string of the molecule is Cc1c(C)c(C)[c-](C)c1C.[CH2-][Si](C)(C)C.[CH2-][Si](C)(C)C.[Cr+3].c1ccncc1. The van der Waals surface area contributed by atoms with E-state index in [1.54, 1.807) is 12.4 Å². The second-order valence-corrected chi connectivity index (χ2v) is 19.5. The molecule has 0 atom stereocenters. The zero-order valence-electron chi connectivity index (χ0n) is 19.7. The molecule has 1 nitrogen and oxygen atoms in total. The normalized spacial score (nSPS) is 10.1. The molecule has 153 valence electrons. The number of hydrogen-bond acceptors (Lipinski definition) is 1. The fraction of sp³-hybridized carbons (Fsp3) is 0.478. The molecule has 0 saturated carbocycles. The van der Waals surface area contributed by atoms with E-state index < -0.39 is 16.1 Å². The van der Waals surface area contributed by atoms with Crippen molar-refractivity contribution in [3.8, 4) is 0 Å². The third kappa shape index (κ3) is 21.6. The Labute approximate surface area is 183 Å². The Morgan fingerprint density at radius 2 is 0.963 bits per heavy atom. The van der Waals surface area contributed by atoms with Gasteiger partial charge in [-0.3, -0.25) is 4.98 Å². The van der Waals surface area contributed by atoms with Gasteiger partial charge in [-0.1, -0.05) is 80.0 Å². The van der Waals surface area contributed by atoms with Crippen LogP contribution in [-0.4, -0.2) is 21.1 Å². The largest absolute Gasteiger partial charge is 3.00 e. The molecule has 0 saturated heterocycles. The Kier molecular flexibility index (Phi) is 16.7. The molecule has 2 aromatic rings. The molecule has 4 heteroatoms. The van der Waals surface area contributed by atoms with Gasteiger partial charge in [-0.15, -0.1) is 16.1 Å². The summed E-state index contributed by atoms with van der Waals surface area (Å²) in [4.78, 5) is 3.78. The van der Waals surface area contributed by atoms with Crippen molar-refractivity contribution < 1.29 is 17.4 Å². The summed E-state index contributed by atoms with van der Waals surface area (Å²) in [5.41, 5.74) is 7.34. The Hall–Kier alpha value is -0.534. The number of pyridine rings is 1. The second kappa shape index (κ2) is 14.5. The molecule has 0 amide bonds. The summed E-state index contributed by atoms with van der Waals surface area (Å²) in [5.74, 6) is 0. The maximum atomic E-state index is 3.91. The van der Waals surface area contributed by atoms with Crippen LogP contribution in [0.15, 0.2) is 30.6 Å². The third-order valence-electron chi connectivity index (χ3n) is 3.38. The molecular formula is C23H42CrNSi2. The predicted molar refractivity (Wildman–Crippen MR) is 127 cm³/mol. The van der Waals surface area contributed by atoms with Gasteiger partial charge in [0, 0.05) is 12.4 Å². The maximum absolute atomic E-state index is 3.91. The molecule has 0 aliphatic carbocycles. The number of rotatable bonds is 0. The van der Waals surface area contributed by atoms with Gasteiger partial charge in [0.15, 0.2) is 0 Å². The van der Waals surface area contributed by atoms with Crippen LogP contribution in [0.4, 0.5) is 0 Å². The van der Waals surface area contributed by atoms with Crippen LogP contribution in [0.5, 0.6) is 0 Å². The molecule has 0 spiro atoms. The molecular weight excluding hydrogens is 398 g/mol. The summed E-state index contributed by atoms with van der Waals surface area (Å²) in [6.07, 6.45) is 3.50. The quantitative estimate of drug-likeness (QED) is 0.307. The molecule has 2 rings (SSSR count). The topological polar surface area (TPSA) is 12.9 Å². The van der Waals surface area contributed by atoms with Gasteiger partial charge in [0.05, 0.1) is 0 Å². The Balaban J connectivity index is -0.000000297. The summed E-state index contributed by atoms with van der Waals surface area (Å²) < 4.78 is 0. The van der Waals surface area contributed by atoms with Crippen molar-refractivity contribution in [1.29, 1.82) is 0 Å². The zero-order chi connectivity index (χ0) is 21.1. The first kappa shape index (κ1) is 31.2. The van der Waals surface area contributed by atoms with E-state index in [1.807, 2.05) is 18.2 Å². The average Bonchev–Trinajstić information content (AvgIpc) is 2.64. The summed E-state index contributed by atoms with van der Waals surface area (Å²) >= 11 is 0. The zero-order valence-corrected chi connectivity index (χ0v) is 22.9. The van der Waals surface area contributed by atoms with E-state index in [0.29, 0.717) is 0 Å². The molecule has 0 N–H and O–H groups in total. The number of nitrogens with zero attached hydrogens (tertiary/aromatic N) is 1. The van der Waals surface area contributed by atoms with Gasteiger partial charge >= 0.3 is 17.4 Å². The molecule has 27 heavy (non-hydrogen) atoms. The van der Waals surface area contributed by atoms with Crippen molar-refractivity contribution >= 4 is 16.1 Å². The van der Waals surface area contributed by atoms with Crippen LogP contribution in [-0.2, 0) is 17.4 Å². The fourth-order valence-electron chi connectivity index (χ4n) is 1.72. The minimum atomic E-state index is -0.861. The third-order valence-corrected chi connectivity index (χ3v) is 3.38. The monoisotopic (exact) mass is 440 g/mol. The van der Waals surface area contributed by atoms with Gasteiger partial charge in [-0.2, -0.15) is 27.8 Å². The van der Waals surface area contributed by atoms with Gasteiger partial charge < -0.3 is 13.1 Å². The van der Waals surface area contributed by atoms with E-state index in [-0.39, 0.29) is 17.4 Å². The summed E-state index contributed by atoms with van der Waals surface area (Å²) in [7, 11) is -1.72. The van der Waals surface area contributed by atoms with Crippen LogP contribution in [0, 0.1) is 47.7 Å². The van der Waals surface area contributed by atoms with E-state index in [1.165, 1.54) is 27.8 Å². The van der Waals surface area contributed by atoms with Crippen molar-refractivity contribution in [3.05, 3.63) is 71.5 Å². The summed E-state index contributed by atoms with van der Waals surface area (Å²) in [6.45, 7) is 32.1. The minimum Gasteiger partial charge on any atom is -0.342 e. The smallest absolute Gasteiger partial charge is 0.342 e. The van der Waals surface area contributed by atoms with Crippen molar-refractivity contribution in [1.82, 2.24) is 4.98 Å². The molecule has 1 aromatic heterocycles. The van der Waals surface area contributed by atoms with Gasteiger partial charge in [-0.05, 0) is 12.1 Å². The number of aromatic nitrogens is 1. The molecule has 0 fully saturated rings. The molecule has 1 radical (unpaired) electrons. The Morgan fingerprint density at radius 3 is 1.04 bits per heavy atom. The summed E-state index contributed by atoms with van der Waals surface area (Å²) in [6, 6.07) is 5.72. The van der Waals surface area contributed by atoms with Crippen molar-refractivity contribution in [2.75, 3.05) is 0 Å². The van der Waals surface area contributed by atoms with Crippen LogP contribution in [0.2, 0.25) is 39.3 Å². The van der Waals surface area contributed by atoms with Crippen LogP contribution < -0.4 is 0 Å². The average molecular weight is 441 g/mol. The molecule has 0 bridgehead atoms. The summed E-state index contributed by atoms with van der Waals surface area (Å²) in [5, 5.41) is 0. The first-order chi connectivity index (χ1) is 11.6. The predicted octanol–water partition coefficient (Wildman–Crippen LogP) is 7.42. The van der Waals surface area contributed by atoms with Crippen LogP contribution in [0.1, 0.15) is 27.8 Å². The first-order valence-corrected chi connectivity index (χ1v) is 16.7. The molecule has 0 unspecified atom stereocenters. The molecule has 1 heterocycles. The van der Waals surface area contributed by atoms with Gasteiger partial charge in [0.25, 0.3) is 0 Å². The first-order valence-electron chi connectivity index (χ1n) is 9.31. The van der Waals surface area contributed by atoms with E-state index in [2.05, 4.69) is 92.0 Å². The van der Waals surface area contributed by atoms with Gasteiger partial charge in [0.2, 0.25) is 0 Å². The van der Waals surface area contributed by atoms with Crippen LogP contribution >= 0.6 is 0 Å². The van der Waals surface area contributed by atoms with Crippen molar-refractivity contribution in [2.24, 2.45) is 0 Å². The molecule has 1 aromatic carbocycles. The van der Waals surface area contributed by atoms with Gasteiger partial charge in [-0.25, -0.2) is 0 Å². The number of hydrogen-bond donors (Lipinski definition) is 0. The van der Waals surface area contributed by atoms with Crippen molar-refractivity contribution in [2.45, 2.75) is 73.9 Å². The van der Waals surface area contributed by atoms with E-state index in [9.17, 15) is 0 Å². The van der Waals surface area contributed by atoms with Crippen LogP contribution in [0.25, 0.3) is 0 Å². The Morgan fingerprint density at radius 1 is 0.704 bits per heavy atom. The minimum absolute atomic E-state index is 0. The molecule has 0 aliphatic rings. The van der Waals surface area contributed by atoms with E-state index >= 15 is 0 Å². The van der Waals surface area contributed by atoms with Gasteiger partial charge in [0.1, 0.15) is 0 Å². The van der Waals surface area contributed by atoms with Crippen molar-refractivity contribution in [3.63, 3.8) is 0 Å². The fourth-order valence-corrected chi connectivity index (χ4v) is 1.72. The van der Waals surface area contributed by atoms with Crippen LogP contribution in [0.3, 0.4) is 0 Å². The Bertz CT molecular complexity index is 475. The second-order valence-electron chi connectivity index (χ2n) is 9.27. The molecule has 0 aliphatic heterocycles. The maximum Gasteiger partial charge on any atom is 3.00 e. The van der Waals surface area contributed by atoms with E-state index in [4.69, 9.17) is 0 Å².